The van der Waals surface area contributed by atoms with Crippen molar-refractivity contribution in [3.05, 3.63) is 60.0 Å². The molecular weight excluding hydrogens is 444 g/mol. The number of piperidine rings is 1. The van der Waals surface area contributed by atoms with Crippen LogP contribution in [0.3, 0.4) is 0 Å². The third-order valence-corrected chi connectivity index (χ3v) is 6.73. The van der Waals surface area contributed by atoms with Crippen LogP contribution in [-0.4, -0.2) is 46.7 Å². The minimum Gasteiger partial charge on any atom is -0.497 e. The molecule has 2 aliphatic heterocycles. The number of nitrogens with one attached hydrogen (secondary N) is 1. The van der Waals surface area contributed by atoms with Gasteiger partial charge in [0.15, 0.2) is 0 Å². The maximum Gasteiger partial charge on any atom is 0.241 e. The number of rotatable bonds is 6. The molecule has 1 amide bonds. The van der Waals surface area contributed by atoms with Gasteiger partial charge in [-0.2, -0.15) is 4.98 Å². The standard InChI is InChI=1S/C27H32N4O4/c1-27(2)15-22(21-12-11-20(33-3)14-23(21)34-27)28-26(32)19-10-7-13-31(16-19)17-24-29-25(30-35-24)18-8-5-4-6-9-18/h4-6,8-9,11-12,14,19,22H,7,10,13,15-17H2,1-3H3,(H,28,32). The molecule has 35 heavy (non-hydrogen) atoms. The predicted octanol–water partition coefficient (Wildman–Crippen LogP) is 4.38. The van der Waals surface area contributed by atoms with Crippen LogP contribution in [0.25, 0.3) is 11.4 Å². The quantitative estimate of drug-likeness (QED) is 0.565. The normalized spacial score (nSPS) is 21.6. The molecule has 1 aromatic heterocycles. The number of benzene rings is 2. The number of hydrogen-bond donors (Lipinski definition) is 1. The molecule has 0 radical (unpaired) electrons. The second kappa shape index (κ2) is 9.70. The third-order valence-electron chi connectivity index (χ3n) is 6.73. The van der Waals surface area contributed by atoms with Crippen molar-refractivity contribution in [3.8, 4) is 22.9 Å². The summed E-state index contributed by atoms with van der Waals surface area (Å²) in [6.07, 6.45) is 2.52. The van der Waals surface area contributed by atoms with Gasteiger partial charge in [-0.25, -0.2) is 0 Å². The molecule has 184 valence electrons. The van der Waals surface area contributed by atoms with E-state index in [4.69, 9.17) is 14.0 Å². The van der Waals surface area contributed by atoms with E-state index in [1.165, 1.54) is 0 Å². The van der Waals surface area contributed by atoms with Gasteiger partial charge < -0.3 is 19.3 Å². The van der Waals surface area contributed by atoms with Gasteiger partial charge in [-0.05, 0) is 45.4 Å². The van der Waals surface area contributed by atoms with Gasteiger partial charge in [-0.1, -0.05) is 35.5 Å². The summed E-state index contributed by atoms with van der Waals surface area (Å²) in [6.45, 7) is 6.20. The molecule has 0 aliphatic carbocycles. The molecule has 2 atom stereocenters. The average molecular weight is 477 g/mol. The number of fused-ring (bicyclic) bond motifs is 1. The summed E-state index contributed by atoms with van der Waals surface area (Å²) < 4.78 is 17.0. The highest BCUT2D eigenvalue weighted by Gasteiger charge is 2.36. The van der Waals surface area contributed by atoms with E-state index in [1.807, 2.05) is 62.4 Å². The number of amides is 1. The van der Waals surface area contributed by atoms with Crippen molar-refractivity contribution < 1.29 is 18.8 Å². The van der Waals surface area contributed by atoms with Crippen molar-refractivity contribution in [3.63, 3.8) is 0 Å². The maximum atomic E-state index is 13.3. The summed E-state index contributed by atoms with van der Waals surface area (Å²) in [5.74, 6) is 2.65. The van der Waals surface area contributed by atoms with Crippen LogP contribution in [0.1, 0.15) is 50.6 Å². The highest BCUT2D eigenvalue weighted by atomic mass is 16.5. The van der Waals surface area contributed by atoms with Gasteiger partial charge in [0.05, 0.1) is 25.6 Å². The fraction of sp³-hybridized carbons (Fsp3) is 0.444. The smallest absolute Gasteiger partial charge is 0.241 e. The van der Waals surface area contributed by atoms with E-state index in [1.54, 1.807) is 7.11 Å². The summed E-state index contributed by atoms with van der Waals surface area (Å²) in [4.78, 5) is 20.1. The Labute approximate surface area is 205 Å². The van der Waals surface area contributed by atoms with Crippen LogP contribution in [0.2, 0.25) is 0 Å². The van der Waals surface area contributed by atoms with Gasteiger partial charge in [0.25, 0.3) is 0 Å². The van der Waals surface area contributed by atoms with Crippen LogP contribution in [-0.2, 0) is 11.3 Å². The molecule has 8 heteroatoms. The molecule has 0 bridgehead atoms. The lowest BCUT2D eigenvalue weighted by Gasteiger charge is -2.39. The number of methoxy groups -OCH3 is 1. The number of nitrogens with zero attached hydrogens (tertiary/aromatic N) is 3. The Balaban J connectivity index is 1.23. The topological polar surface area (TPSA) is 89.7 Å². The Morgan fingerprint density at radius 3 is 2.86 bits per heavy atom. The monoisotopic (exact) mass is 476 g/mol. The molecule has 0 spiro atoms. The van der Waals surface area contributed by atoms with E-state index in [9.17, 15) is 4.79 Å². The first-order chi connectivity index (χ1) is 16.9. The van der Waals surface area contributed by atoms with Crippen LogP contribution >= 0.6 is 0 Å². The van der Waals surface area contributed by atoms with E-state index in [-0.39, 0.29) is 23.5 Å². The van der Waals surface area contributed by atoms with E-state index in [0.29, 0.717) is 31.2 Å². The fourth-order valence-electron chi connectivity index (χ4n) is 5.01. The number of carbonyl (C=O) groups is 1. The zero-order valence-corrected chi connectivity index (χ0v) is 20.5. The molecule has 2 aliphatic rings. The van der Waals surface area contributed by atoms with E-state index in [0.717, 1.165) is 42.0 Å². The minimum absolute atomic E-state index is 0.0784. The molecule has 8 nitrogen and oxygen atoms in total. The Morgan fingerprint density at radius 2 is 2.06 bits per heavy atom. The zero-order chi connectivity index (χ0) is 24.4. The maximum absolute atomic E-state index is 13.3. The van der Waals surface area contributed by atoms with Crippen molar-refractivity contribution in [2.24, 2.45) is 5.92 Å². The van der Waals surface area contributed by atoms with E-state index in [2.05, 4.69) is 20.4 Å². The predicted molar refractivity (Wildman–Crippen MR) is 131 cm³/mol. The van der Waals surface area contributed by atoms with Gasteiger partial charge in [0, 0.05) is 30.2 Å². The molecule has 3 heterocycles. The number of ether oxygens (including phenoxy) is 2. The fourth-order valence-corrected chi connectivity index (χ4v) is 5.01. The summed E-state index contributed by atoms with van der Waals surface area (Å²) >= 11 is 0. The van der Waals surface area contributed by atoms with Crippen molar-refractivity contribution in [2.75, 3.05) is 20.2 Å². The van der Waals surface area contributed by atoms with Crippen LogP contribution in [0.5, 0.6) is 11.5 Å². The van der Waals surface area contributed by atoms with Crippen LogP contribution in [0, 0.1) is 5.92 Å². The SMILES string of the molecule is COc1ccc2c(c1)OC(C)(C)CC2NC(=O)C1CCCN(Cc2nc(-c3ccccc3)no2)C1. The first kappa shape index (κ1) is 23.4. The van der Waals surface area contributed by atoms with Crippen molar-refractivity contribution in [2.45, 2.75) is 51.3 Å². The van der Waals surface area contributed by atoms with Crippen molar-refractivity contribution in [1.29, 1.82) is 0 Å². The lowest BCUT2D eigenvalue weighted by atomic mass is 9.88. The second-order valence-corrected chi connectivity index (χ2v) is 9.98. The van der Waals surface area contributed by atoms with Crippen molar-refractivity contribution in [1.82, 2.24) is 20.4 Å². The summed E-state index contributed by atoms with van der Waals surface area (Å²) in [6, 6.07) is 15.5. The third kappa shape index (κ3) is 5.32. The average Bonchev–Trinajstić information content (AvgIpc) is 3.32. The summed E-state index contributed by atoms with van der Waals surface area (Å²) in [5.41, 5.74) is 1.53. The van der Waals surface area contributed by atoms with E-state index < -0.39 is 0 Å². The molecule has 1 fully saturated rings. The molecule has 3 aromatic rings. The lowest BCUT2D eigenvalue weighted by molar-refractivity contribution is -0.128. The highest BCUT2D eigenvalue weighted by molar-refractivity contribution is 5.79. The van der Waals surface area contributed by atoms with Gasteiger partial charge >= 0.3 is 0 Å². The summed E-state index contributed by atoms with van der Waals surface area (Å²) in [7, 11) is 1.64. The van der Waals surface area contributed by atoms with Gasteiger partial charge in [0.1, 0.15) is 17.1 Å². The number of hydrogen-bond acceptors (Lipinski definition) is 7. The van der Waals surface area contributed by atoms with Gasteiger partial charge in [-0.15, -0.1) is 0 Å². The second-order valence-electron chi connectivity index (χ2n) is 9.98. The minimum atomic E-state index is -0.385. The Kier molecular flexibility index (Phi) is 6.47. The molecular formula is C27H32N4O4. The molecule has 0 saturated carbocycles. The van der Waals surface area contributed by atoms with Crippen LogP contribution in [0.15, 0.2) is 53.1 Å². The number of carbonyl (C=O) groups excluding carboxylic acids is 1. The first-order valence-corrected chi connectivity index (χ1v) is 12.2. The van der Waals surface area contributed by atoms with Crippen LogP contribution in [0.4, 0.5) is 0 Å². The lowest BCUT2D eigenvalue weighted by Crippen LogP contribution is -2.46. The molecule has 1 N–H and O–H groups in total. The van der Waals surface area contributed by atoms with Crippen molar-refractivity contribution >= 4 is 5.91 Å². The van der Waals surface area contributed by atoms with Crippen LogP contribution < -0.4 is 14.8 Å². The Hall–Kier alpha value is -3.39. The Bertz CT molecular complexity index is 1180. The highest BCUT2D eigenvalue weighted by Crippen LogP contribution is 2.41. The molecule has 1 saturated heterocycles. The van der Waals surface area contributed by atoms with E-state index >= 15 is 0 Å². The number of likely N-dealkylation sites (tertiary alicyclic amines) is 1. The van der Waals surface area contributed by atoms with Gasteiger partial charge in [-0.3, -0.25) is 9.69 Å². The van der Waals surface area contributed by atoms with Gasteiger partial charge in [0.2, 0.25) is 17.6 Å². The Morgan fingerprint density at radius 1 is 1.23 bits per heavy atom. The molecule has 2 unspecified atom stereocenters. The molecule has 5 rings (SSSR count). The number of aromatic nitrogens is 2. The molecule has 2 aromatic carbocycles. The first-order valence-electron chi connectivity index (χ1n) is 12.2. The summed E-state index contributed by atoms with van der Waals surface area (Å²) in [5, 5.41) is 7.43. The largest absolute Gasteiger partial charge is 0.497 e. The zero-order valence-electron chi connectivity index (χ0n) is 20.5.